The van der Waals surface area contributed by atoms with Gasteiger partial charge >= 0.3 is 0 Å². The molecule has 1 aromatic carbocycles. The van der Waals surface area contributed by atoms with Gasteiger partial charge in [-0.05, 0) is 73.8 Å². The molecule has 1 aromatic rings. The largest absolute Gasteiger partial charge is 0.198 e. The monoisotopic (exact) mass is 393 g/mol. The quantitative estimate of drug-likeness (QED) is 0.412. The fourth-order valence-electron chi connectivity index (χ4n) is 6.03. The number of benzene rings is 1. The molecule has 2 aliphatic rings. The minimum atomic E-state index is -0.0270. The normalized spacial score (nSPS) is 30.0. The van der Waals surface area contributed by atoms with Gasteiger partial charge in [0.15, 0.2) is 0 Å². The molecule has 160 valence electrons. The van der Waals surface area contributed by atoms with E-state index in [0.29, 0.717) is 5.92 Å². The third-order valence-corrected chi connectivity index (χ3v) is 8.13. The number of unbranched alkanes of at least 4 members (excludes halogenated alkanes) is 1. The van der Waals surface area contributed by atoms with Gasteiger partial charge in [-0.25, -0.2) is 0 Å². The summed E-state index contributed by atoms with van der Waals surface area (Å²) in [6.45, 7) is 4.53. The number of nitrogens with zero attached hydrogens (tertiary/aromatic N) is 1. The van der Waals surface area contributed by atoms with Crippen molar-refractivity contribution in [3.05, 3.63) is 35.4 Å². The third-order valence-electron chi connectivity index (χ3n) is 8.13. The number of hydrogen-bond acceptors (Lipinski definition) is 1. The smallest absolute Gasteiger partial charge is 0.0689 e. The van der Waals surface area contributed by atoms with E-state index in [9.17, 15) is 5.26 Å². The van der Waals surface area contributed by atoms with Crippen LogP contribution in [-0.4, -0.2) is 0 Å². The standard InChI is InChI=1S/C28H43N/c1-3-5-6-23-7-9-24(10-8-23)11-12-25-13-15-26(16-14-25)27-17-20-28(22-29,19-4-2)21-18-27/h13-16,23-24,27H,3-12,17-21H2,1-2H3. The predicted octanol–water partition coefficient (Wildman–Crippen LogP) is 8.58. The van der Waals surface area contributed by atoms with Crippen LogP contribution in [0, 0.1) is 28.6 Å². The topological polar surface area (TPSA) is 23.8 Å². The first-order chi connectivity index (χ1) is 14.2. The van der Waals surface area contributed by atoms with Crippen LogP contribution in [0.25, 0.3) is 0 Å². The van der Waals surface area contributed by atoms with Crippen LogP contribution in [0.5, 0.6) is 0 Å². The molecule has 0 radical (unpaired) electrons. The van der Waals surface area contributed by atoms with Gasteiger partial charge in [-0.2, -0.15) is 5.26 Å². The zero-order chi connectivity index (χ0) is 20.5. The highest BCUT2D eigenvalue weighted by molar-refractivity contribution is 5.26. The van der Waals surface area contributed by atoms with Gasteiger partial charge in [0, 0.05) is 0 Å². The van der Waals surface area contributed by atoms with Gasteiger partial charge in [0.2, 0.25) is 0 Å². The minimum Gasteiger partial charge on any atom is -0.198 e. The van der Waals surface area contributed by atoms with Gasteiger partial charge in [-0.3, -0.25) is 0 Å². The lowest BCUT2D eigenvalue weighted by atomic mass is 9.68. The van der Waals surface area contributed by atoms with Gasteiger partial charge in [0.1, 0.15) is 0 Å². The molecule has 3 rings (SSSR count). The molecule has 0 bridgehead atoms. The zero-order valence-corrected chi connectivity index (χ0v) is 19.1. The lowest BCUT2D eigenvalue weighted by molar-refractivity contribution is 0.228. The van der Waals surface area contributed by atoms with E-state index in [1.165, 1.54) is 81.8 Å². The fourth-order valence-corrected chi connectivity index (χ4v) is 6.03. The lowest BCUT2D eigenvalue weighted by Gasteiger charge is -2.35. The molecule has 0 aromatic heterocycles. The van der Waals surface area contributed by atoms with Crippen LogP contribution < -0.4 is 0 Å². The van der Waals surface area contributed by atoms with Crippen molar-refractivity contribution in [1.82, 2.24) is 0 Å². The summed E-state index contributed by atoms with van der Waals surface area (Å²) in [5.41, 5.74) is 3.00. The highest BCUT2D eigenvalue weighted by Crippen LogP contribution is 2.45. The summed E-state index contributed by atoms with van der Waals surface area (Å²) in [6, 6.07) is 12.2. The zero-order valence-electron chi connectivity index (χ0n) is 19.1. The molecule has 1 nitrogen and oxygen atoms in total. The summed E-state index contributed by atoms with van der Waals surface area (Å²) in [4.78, 5) is 0. The first-order valence-corrected chi connectivity index (χ1v) is 12.7. The van der Waals surface area contributed by atoms with E-state index in [0.717, 1.165) is 37.5 Å². The molecule has 0 atom stereocenters. The Morgan fingerprint density at radius 1 is 0.862 bits per heavy atom. The molecule has 2 aliphatic carbocycles. The third kappa shape index (κ3) is 6.34. The first-order valence-electron chi connectivity index (χ1n) is 12.7. The van der Waals surface area contributed by atoms with Gasteiger partial charge < -0.3 is 0 Å². The van der Waals surface area contributed by atoms with E-state index in [4.69, 9.17) is 0 Å². The van der Waals surface area contributed by atoms with Crippen LogP contribution in [-0.2, 0) is 6.42 Å². The number of nitriles is 1. The minimum absolute atomic E-state index is 0.0270. The van der Waals surface area contributed by atoms with E-state index >= 15 is 0 Å². The summed E-state index contributed by atoms with van der Waals surface area (Å²) in [5, 5.41) is 9.63. The predicted molar refractivity (Wildman–Crippen MR) is 124 cm³/mol. The Morgan fingerprint density at radius 2 is 1.48 bits per heavy atom. The average molecular weight is 394 g/mol. The summed E-state index contributed by atoms with van der Waals surface area (Å²) < 4.78 is 0. The molecule has 0 unspecified atom stereocenters. The van der Waals surface area contributed by atoms with E-state index in [2.05, 4.69) is 44.2 Å². The molecular formula is C28H43N. The van der Waals surface area contributed by atoms with Gasteiger partial charge in [0.25, 0.3) is 0 Å². The number of aryl methyl sites for hydroxylation is 1. The SMILES string of the molecule is CCCCC1CCC(CCc2ccc(C3CCC(C#N)(CCC)CC3)cc2)CC1. The first kappa shape index (κ1) is 22.4. The van der Waals surface area contributed by atoms with Crippen LogP contribution in [0.15, 0.2) is 24.3 Å². The molecule has 0 N–H and O–H groups in total. The number of hydrogen-bond donors (Lipinski definition) is 0. The molecule has 2 fully saturated rings. The van der Waals surface area contributed by atoms with E-state index < -0.39 is 0 Å². The van der Waals surface area contributed by atoms with Gasteiger partial charge in [-0.15, -0.1) is 0 Å². The van der Waals surface area contributed by atoms with Crippen LogP contribution >= 0.6 is 0 Å². The maximum Gasteiger partial charge on any atom is 0.0689 e. The van der Waals surface area contributed by atoms with Crippen LogP contribution in [0.2, 0.25) is 0 Å². The number of rotatable bonds is 9. The molecule has 0 amide bonds. The van der Waals surface area contributed by atoms with Crippen molar-refractivity contribution >= 4 is 0 Å². The van der Waals surface area contributed by atoms with E-state index in [1.54, 1.807) is 0 Å². The summed E-state index contributed by atoms with van der Waals surface area (Å²) in [6.07, 6.45) is 19.5. The summed E-state index contributed by atoms with van der Waals surface area (Å²) >= 11 is 0. The van der Waals surface area contributed by atoms with Crippen LogP contribution in [0.1, 0.15) is 121 Å². The maximum absolute atomic E-state index is 9.63. The second-order valence-corrected chi connectivity index (χ2v) is 10.2. The Hall–Kier alpha value is -1.29. The van der Waals surface area contributed by atoms with Crippen LogP contribution in [0.4, 0.5) is 0 Å². The molecule has 0 saturated heterocycles. The summed E-state index contributed by atoms with van der Waals surface area (Å²) in [5.74, 6) is 2.66. The maximum atomic E-state index is 9.63. The highest BCUT2D eigenvalue weighted by atomic mass is 14.4. The molecule has 0 heterocycles. The van der Waals surface area contributed by atoms with Crippen molar-refractivity contribution in [2.75, 3.05) is 0 Å². The Morgan fingerprint density at radius 3 is 2.03 bits per heavy atom. The van der Waals surface area contributed by atoms with E-state index in [-0.39, 0.29) is 5.41 Å². The van der Waals surface area contributed by atoms with E-state index in [1.807, 2.05) is 0 Å². The van der Waals surface area contributed by atoms with Crippen molar-refractivity contribution in [3.63, 3.8) is 0 Å². The highest BCUT2D eigenvalue weighted by Gasteiger charge is 2.35. The summed E-state index contributed by atoms with van der Waals surface area (Å²) in [7, 11) is 0. The van der Waals surface area contributed by atoms with Crippen molar-refractivity contribution in [3.8, 4) is 6.07 Å². The van der Waals surface area contributed by atoms with Crippen molar-refractivity contribution in [2.45, 2.75) is 116 Å². The Balaban J connectivity index is 1.41. The fraction of sp³-hybridized carbons (Fsp3) is 0.750. The van der Waals surface area contributed by atoms with Gasteiger partial charge in [0.05, 0.1) is 11.5 Å². The Bertz CT molecular complexity index is 621. The Labute approximate surface area is 180 Å². The lowest BCUT2D eigenvalue weighted by Crippen LogP contribution is -2.25. The van der Waals surface area contributed by atoms with Crippen molar-refractivity contribution in [2.24, 2.45) is 17.3 Å². The van der Waals surface area contributed by atoms with Crippen molar-refractivity contribution in [1.29, 1.82) is 5.26 Å². The van der Waals surface area contributed by atoms with Crippen molar-refractivity contribution < 1.29 is 0 Å². The second-order valence-electron chi connectivity index (χ2n) is 10.2. The molecule has 0 spiro atoms. The molecule has 1 heteroatoms. The Kier molecular flexibility index (Phi) is 8.65. The molecule has 2 saturated carbocycles. The van der Waals surface area contributed by atoms with Crippen LogP contribution in [0.3, 0.4) is 0 Å². The molecule has 0 aliphatic heterocycles. The van der Waals surface area contributed by atoms with Gasteiger partial charge in [-0.1, -0.05) is 89.5 Å². The average Bonchev–Trinajstić information content (AvgIpc) is 2.78. The molecular weight excluding hydrogens is 350 g/mol. The second kappa shape index (κ2) is 11.2. The molecule has 29 heavy (non-hydrogen) atoms.